The lowest BCUT2D eigenvalue weighted by atomic mass is 10.1. The summed E-state index contributed by atoms with van der Waals surface area (Å²) in [6.07, 6.45) is -3.40. The van der Waals surface area contributed by atoms with Gasteiger partial charge in [0.05, 0.1) is 11.6 Å². The standard InChI is InChI=1S/C18H16ClF3N6O2/c1-3-27-15(29)5-4-14(26-27)28-16(23-9-24-28)10(2)25-17(30)11-6-12(18(20,21)22)8-13(19)7-11/h4-10H,3H2,1-2H3,(H,25,30)/t10-/m0/s1. The molecule has 0 aliphatic rings. The molecule has 0 unspecified atom stereocenters. The van der Waals surface area contributed by atoms with Crippen molar-refractivity contribution >= 4 is 17.5 Å². The molecule has 1 amide bonds. The number of nitrogens with zero attached hydrogens (tertiary/aromatic N) is 5. The maximum absolute atomic E-state index is 13.0. The maximum atomic E-state index is 13.0. The average Bonchev–Trinajstić information content (AvgIpc) is 3.17. The molecule has 0 fully saturated rings. The first-order valence-electron chi connectivity index (χ1n) is 8.77. The van der Waals surface area contributed by atoms with Crippen LogP contribution in [0.25, 0.3) is 5.82 Å². The molecule has 158 valence electrons. The predicted octanol–water partition coefficient (Wildman–Crippen LogP) is 3.01. The van der Waals surface area contributed by atoms with Gasteiger partial charge < -0.3 is 5.32 Å². The number of alkyl halides is 3. The molecule has 0 bridgehead atoms. The Bertz CT molecular complexity index is 1140. The Morgan fingerprint density at radius 1 is 1.27 bits per heavy atom. The highest BCUT2D eigenvalue weighted by atomic mass is 35.5. The van der Waals surface area contributed by atoms with Crippen LogP contribution in [0.4, 0.5) is 13.2 Å². The first-order valence-corrected chi connectivity index (χ1v) is 9.15. The molecule has 3 aromatic rings. The molecule has 0 radical (unpaired) electrons. The summed E-state index contributed by atoms with van der Waals surface area (Å²) in [5, 5.41) is 10.6. The number of carbonyl (C=O) groups excluding carboxylic acids is 1. The highest BCUT2D eigenvalue weighted by Crippen LogP contribution is 2.32. The Kier molecular flexibility index (Phi) is 5.92. The fourth-order valence-corrected chi connectivity index (χ4v) is 2.96. The van der Waals surface area contributed by atoms with Crippen molar-refractivity contribution in [2.75, 3.05) is 0 Å². The third-order valence-corrected chi connectivity index (χ3v) is 4.38. The third-order valence-electron chi connectivity index (χ3n) is 4.17. The number of aryl methyl sites for hydroxylation is 1. The molecule has 0 spiro atoms. The van der Waals surface area contributed by atoms with E-state index in [1.54, 1.807) is 13.8 Å². The highest BCUT2D eigenvalue weighted by molar-refractivity contribution is 6.31. The maximum Gasteiger partial charge on any atom is 0.416 e. The molecule has 0 aliphatic carbocycles. The largest absolute Gasteiger partial charge is 0.416 e. The van der Waals surface area contributed by atoms with Crippen LogP contribution in [0.5, 0.6) is 0 Å². The molecular formula is C18H16ClF3N6O2. The Balaban J connectivity index is 1.87. The monoisotopic (exact) mass is 440 g/mol. The average molecular weight is 441 g/mol. The number of benzene rings is 1. The molecule has 30 heavy (non-hydrogen) atoms. The number of nitrogens with one attached hydrogen (secondary N) is 1. The van der Waals surface area contributed by atoms with Crippen molar-refractivity contribution in [3.63, 3.8) is 0 Å². The van der Waals surface area contributed by atoms with Crippen LogP contribution < -0.4 is 10.9 Å². The summed E-state index contributed by atoms with van der Waals surface area (Å²) in [6, 6.07) is 4.64. The summed E-state index contributed by atoms with van der Waals surface area (Å²) in [6.45, 7) is 3.69. The molecule has 0 saturated heterocycles. The van der Waals surface area contributed by atoms with Gasteiger partial charge >= 0.3 is 6.18 Å². The van der Waals surface area contributed by atoms with Crippen molar-refractivity contribution in [3.05, 3.63) is 69.0 Å². The molecule has 8 nitrogen and oxygen atoms in total. The van der Waals surface area contributed by atoms with Crippen molar-refractivity contribution in [1.82, 2.24) is 29.9 Å². The van der Waals surface area contributed by atoms with Gasteiger partial charge in [-0.25, -0.2) is 9.67 Å². The summed E-state index contributed by atoms with van der Waals surface area (Å²) in [5.74, 6) is -0.195. The van der Waals surface area contributed by atoms with E-state index in [0.717, 1.165) is 18.2 Å². The van der Waals surface area contributed by atoms with Crippen LogP contribution >= 0.6 is 11.6 Å². The molecule has 2 aromatic heterocycles. The van der Waals surface area contributed by atoms with Crippen LogP contribution in [0.1, 0.15) is 41.6 Å². The summed E-state index contributed by atoms with van der Waals surface area (Å²) < 4.78 is 41.5. The molecule has 1 atom stereocenters. The molecule has 3 rings (SSSR count). The lowest BCUT2D eigenvalue weighted by molar-refractivity contribution is -0.137. The van der Waals surface area contributed by atoms with Crippen LogP contribution in [-0.2, 0) is 12.7 Å². The fraction of sp³-hybridized carbons (Fsp3) is 0.278. The van der Waals surface area contributed by atoms with Crippen molar-refractivity contribution in [1.29, 1.82) is 0 Å². The van der Waals surface area contributed by atoms with Crippen molar-refractivity contribution in [3.8, 4) is 5.82 Å². The van der Waals surface area contributed by atoms with E-state index >= 15 is 0 Å². The van der Waals surface area contributed by atoms with Crippen LogP contribution in [-0.4, -0.2) is 30.5 Å². The van der Waals surface area contributed by atoms with E-state index in [1.807, 2.05) is 0 Å². The normalized spacial score (nSPS) is 12.6. The number of halogens is 4. The zero-order valence-electron chi connectivity index (χ0n) is 15.8. The van der Waals surface area contributed by atoms with Crippen LogP contribution in [0.15, 0.2) is 41.5 Å². The van der Waals surface area contributed by atoms with Gasteiger partial charge in [-0.2, -0.15) is 23.0 Å². The van der Waals surface area contributed by atoms with Gasteiger partial charge in [-0.05, 0) is 38.1 Å². The van der Waals surface area contributed by atoms with Crippen LogP contribution in [0, 0.1) is 0 Å². The van der Waals surface area contributed by atoms with Crippen molar-refractivity contribution in [2.24, 2.45) is 0 Å². The summed E-state index contributed by atoms with van der Waals surface area (Å²) in [5.41, 5.74) is -1.56. The number of aromatic nitrogens is 5. The Labute approximate surface area is 173 Å². The summed E-state index contributed by atoms with van der Waals surface area (Å²) in [4.78, 5) is 28.3. The number of hydrogen-bond acceptors (Lipinski definition) is 5. The Morgan fingerprint density at radius 2 is 2.00 bits per heavy atom. The molecule has 1 N–H and O–H groups in total. The van der Waals surface area contributed by atoms with E-state index in [2.05, 4.69) is 20.5 Å². The van der Waals surface area contributed by atoms with Gasteiger partial charge in [0.25, 0.3) is 11.5 Å². The number of amides is 1. The van der Waals surface area contributed by atoms with Crippen molar-refractivity contribution < 1.29 is 18.0 Å². The molecular weight excluding hydrogens is 425 g/mol. The highest BCUT2D eigenvalue weighted by Gasteiger charge is 2.32. The zero-order valence-corrected chi connectivity index (χ0v) is 16.6. The van der Waals surface area contributed by atoms with Gasteiger partial charge in [-0.1, -0.05) is 11.6 Å². The lowest BCUT2D eigenvalue weighted by Gasteiger charge is -2.15. The predicted molar refractivity (Wildman–Crippen MR) is 101 cm³/mol. The van der Waals surface area contributed by atoms with E-state index in [4.69, 9.17) is 11.6 Å². The first kappa shape index (κ1) is 21.5. The van der Waals surface area contributed by atoms with Gasteiger partial charge in [-0.3, -0.25) is 9.59 Å². The Morgan fingerprint density at radius 3 is 2.67 bits per heavy atom. The molecule has 1 aromatic carbocycles. The van der Waals surface area contributed by atoms with E-state index in [1.165, 1.54) is 27.8 Å². The van der Waals surface area contributed by atoms with Crippen LogP contribution in [0.2, 0.25) is 5.02 Å². The van der Waals surface area contributed by atoms with Crippen LogP contribution in [0.3, 0.4) is 0 Å². The minimum absolute atomic E-state index is 0.211. The van der Waals surface area contributed by atoms with Crippen molar-refractivity contribution in [2.45, 2.75) is 32.6 Å². The summed E-state index contributed by atoms with van der Waals surface area (Å²) in [7, 11) is 0. The molecule has 0 aliphatic heterocycles. The second-order valence-electron chi connectivity index (χ2n) is 6.30. The van der Waals surface area contributed by atoms with Gasteiger partial charge in [0.2, 0.25) is 0 Å². The fourth-order valence-electron chi connectivity index (χ4n) is 2.73. The Hall–Kier alpha value is -3.21. The topological polar surface area (TPSA) is 94.7 Å². The minimum Gasteiger partial charge on any atom is -0.342 e. The summed E-state index contributed by atoms with van der Waals surface area (Å²) >= 11 is 5.74. The second kappa shape index (κ2) is 8.27. The third kappa shape index (κ3) is 4.51. The molecule has 0 saturated carbocycles. The van der Waals surface area contributed by atoms with Gasteiger partial charge in [0, 0.05) is 23.2 Å². The zero-order chi connectivity index (χ0) is 22.1. The SMILES string of the molecule is CCn1nc(-n2ncnc2[C@H](C)NC(=O)c2cc(Cl)cc(C(F)(F)F)c2)ccc1=O. The first-order chi connectivity index (χ1) is 14.1. The molecule has 12 heteroatoms. The van der Waals surface area contributed by atoms with Gasteiger partial charge in [0.1, 0.15) is 6.33 Å². The molecule has 2 heterocycles. The number of carbonyl (C=O) groups is 1. The smallest absolute Gasteiger partial charge is 0.342 e. The van der Waals surface area contributed by atoms with E-state index in [-0.39, 0.29) is 22.0 Å². The second-order valence-corrected chi connectivity index (χ2v) is 6.73. The number of hydrogen-bond donors (Lipinski definition) is 1. The quantitative estimate of drug-likeness (QED) is 0.658. The van der Waals surface area contributed by atoms with Gasteiger partial charge in [-0.15, -0.1) is 5.10 Å². The van der Waals surface area contributed by atoms with E-state index < -0.39 is 23.7 Å². The minimum atomic E-state index is -4.64. The van der Waals surface area contributed by atoms with E-state index in [9.17, 15) is 22.8 Å². The van der Waals surface area contributed by atoms with Gasteiger partial charge in [0.15, 0.2) is 11.6 Å². The lowest BCUT2D eigenvalue weighted by Crippen LogP contribution is -2.29. The number of rotatable bonds is 5. The van der Waals surface area contributed by atoms with E-state index in [0.29, 0.717) is 12.4 Å².